The fraction of sp³-hybridized carbons (Fsp3) is 0.600. The number of amides is 4. The Morgan fingerprint density at radius 3 is 2.58 bits per heavy atom. The van der Waals surface area contributed by atoms with E-state index in [9.17, 15) is 19.2 Å². The van der Waals surface area contributed by atoms with Crippen molar-refractivity contribution in [2.75, 3.05) is 54.0 Å². The zero-order valence-electron chi connectivity index (χ0n) is 40.3. The normalized spacial score (nSPS) is 22.3. The van der Waals surface area contributed by atoms with E-state index in [2.05, 4.69) is 72.3 Å². The second-order valence-corrected chi connectivity index (χ2v) is 21.1. The molecule has 1 aromatic carbocycles. The topological polar surface area (TPSA) is 154 Å². The standard InChI is InChI=1S/C50H69N9O6S/c1-10-57-40-17-16-33-26-35(40)36(44(57)34-14-11-21-51-42(34)32(4)64-9)28-49(5,6)30-65-47(62)37-15-12-23-59(54-37)46(61)38(27-41-52-39(33)29-66-41)53-45(60)43(31(2)3)56(8)48(63)58-22-13-18-50(58)19-24-55(7)25-20-50/h11,14,16-17,21,26,29,31-32,37-38,43,54H,10,12-13,15,18-20,22-25,27-28,30H2,1-9H3,(H,53,60)/t32-,37-,38-,43-/m0/s1. The largest absolute Gasteiger partial charge is 0.464 e. The zero-order chi connectivity index (χ0) is 47.1. The van der Waals surface area contributed by atoms with E-state index in [0.29, 0.717) is 43.9 Å². The number of fused-ring (bicyclic) bond motifs is 6. The van der Waals surface area contributed by atoms with Crippen molar-refractivity contribution in [3.8, 4) is 22.5 Å². The molecule has 0 saturated carbocycles. The Labute approximate surface area is 393 Å². The van der Waals surface area contributed by atoms with Crippen LogP contribution in [0.3, 0.4) is 0 Å². The van der Waals surface area contributed by atoms with Crippen molar-refractivity contribution in [2.24, 2.45) is 11.3 Å². The molecular formula is C50H69N9O6S. The van der Waals surface area contributed by atoms with Crippen LogP contribution < -0.4 is 10.7 Å². The molecular weight excluding hydrogens is 855 g/mol. The molecule has 0 radical (unpaired) electrons. The van der Waals surface area contributed by atoms with E-state index in [0.717, 1.165) is 83.4 Å². The second kappa shape index (κ2) is 19.4. The molecule has 6 bridgehead atoms. The zero-order valence-corrected chi connectivity index (χ0v) is 41.1. The Hall–Kier alpha value is -4.90. The van der Waals surface area contributed by atoms with E-state index in [1.807, 2.05) is 37.1 Å². The molecule has 16 heteroatoms. The quantitative estimate of drug-likeness (QED) is 0.180. The third-order valence-electron chi connectivity index (χ3n) is 14.5. The van der Waals surface area contributed by atoms with Crippen molar-refractivity contribution in [1.82, 2.24) is 45.0 Å². The van der Waals surface area contributed by atoms with Crippen LogP contribution in [0.5, 0.6) is 0 Å². The molecule has 0 aliphatic carbocycles. The van der Waals surface area contributed by atoms with Crippen LogP contribution in [0.2, 0.25) is 0 Å². The van der Waals surface area contributed by atoms with E-state index >= 15 is 0 Å². The second-order valence-electron chi connectivity index (χ2n) is 20.1. The number of likely N-dealkylation sites (tertiary alicyclic amines) is 2. The van der Waals surface area contributed by atoms with E-state index in [1.54, 1.807) is 25.3 Å². The van der Waals surface area contributed by atoms with Gasteiger partial charge in [-0.2, -0.15) is 0 Å². The average molecular weight is 924 g/mol. The minimum atomic E-state index is -1.04. The highest BCUT2D eigenvalue weighted by Crippen LogP contribution is 2.43. The van der Waals surface area contributed by atoms with Crippen molar-refractivity contribution in [3.63, 3.8) is 0 Å². The summed E-state index contributed by atoms with van der Waals surface area (Å²) in [4.78, 5) is 73.6. The van der Waals surface area contributed by atoms with Gasteiger partial charge in [-0.15, -0.1) is 11.3 Å². The first-order valence-electron chi connectivity index (χ1n) is 23.9. The van der Waals surface area contributed by atoms with E-state index in [4.69, 9.17) is 19.4 Å². The fourth-order valence-corrected chi connectivity index (χ4v) is 11.7. The Balaban J connectivity index is 1.16. The number of cyclic esters (lactones) is 1. The number of aromatic nitrogens is 3. The number of piperidine rings is 1. The van der Waals surface area contributed by atoms with Crippen molar-refractivity contribution >= 4 is 46.1 Å². The molecule has 4 atom stereocenters. The van der Waals surface area contributed by atoms with Crippen LogP contribution in [0.1, 0.15) is 102 Å². The van der Waals surface area contributed by atoms with Crippen LogP contribution in [0, 0.1) is 11.3 Å². The van der Waals surface area contributed by atoms with Gasteiger partial charge in [-0.05, 0) is 102 Å². The van der Waals surface area contributed by atoms with Gasteiger partial charge >= 0.3 is 12.0 Å². The molecule has 8 rings (SSSR count). The molecule has 3 fully saturated rings. The number of nitrogens with one attached hydrogen (secondary N) is 2. The van der Waals surface area contributed by atoms with Crippen LogP contribution in [0.4, 0.5) is 4.79 Å². The van der Waals surface area contributed by atoms with Crippen LogP contribution in [0.25, 0.3) is 33.4 Å². The number of carbonyl (C=O) groups excluding carboxylic acids is 4. The van der Waals surface area contributed by atoms with E-state index in [1.165, 1.54) is 16.3 Å². The Bertz CT molecular complexity index is 2440. The highest BCUT2D eigenvalue weighted by molar-refractivity contribution is 7.10. The van der Waals surface area contributed by atoms with Gasteiger partial charge < -0.3 is 34.1 Å². The summed E-state index contributed by atoms with van der Waals surface area (Å²) in [7, 11) is 5.53. The van der Waals surface area contributed by atoms with Gasteiger partial charge in [0.1, 0.15) is 18.1 Å². The predicted molar refractivity (Wildman–Crippen MR) is 257 cm³/mol. The lowest BCUT2D eigenvalue weighted by molar-refractivity contribution is -0.155. The number of methoxy groups -OCH3 is 1. The van der Waals surface area contributed by atoms with Crippen molar-refractivity contribution in [2.45, 2.75) is 129 Å². The third-order valence-corrected chi connectivity index (χ3v) is 15.4. The number of rotatable bonds is 8. The molecule has 3 aromatic heterocycles. The summed E-state index contributed by atoms with van der Waals surface area (Å²) in [6, 6.07) is 7.72. The number of ether oxygens (including phenoxy) is 2. The number of aryl methyl sites for hydroxylation is 1. The van der Waals surface area contributed by atoms with Gasteiger partial charge in [0, 0.05) is 97.9 Å². The first-order valence-corrected chi connectivity index (χ1v) is 24.8. The van der Waals surface area contributed by atoms with Gasteiger partial charge in [0.25, 0.3) is 5.91 Å². The van der Waals surface area contributed by atoms with Gasteiger partial charge in [0.15, 0.2) is 0 Å². The number of carbonyl (C=O) groups is 4. The predicted octanol–water partition coefficient (Wildman–Crippen LogP) is 6.84. The van der Waals surface area contributed by atoms with Crippen LogP contribution in [0.15, 0.2) is 41.9 Å². The number of pyridine rings is 1. The Morgan fingerprint density at radius 1 is 1.08 bits per heavy atom. The number of hydrogen-bond donors (Lipinski definition) is 2. The lowest BCUT2D eigenvalue weighted by atomic mass is 9.84. The number of esters is 1. The molecule has 4 aliphatic heterocycles. The molecule has 4 aliphatic rings. The molecule has 1 spiro atoms. The number of likely N-dealkylation sites (N-methyl/N-ethyl adjacent to an activating group) is 1. The summed E-state index contributed by atoms with van der Waals surface area (Å²) in [5, 5.41) is 8.32. The molecule has 4 aromatic rings. The number of hydrogen-bond acceptors (Lipinski definition) is 11. The number of nitrogens with zero attached hydrogens (tertiary/aromatic N) is 7. The maximum atomic E-state index is 14.7. The molecule has 2 N–H and O–H groups in total. The maximum Gasteiger partial charge on any atom is 0.324 e. The number of urea groups is 1. The molecule has 66 heavy (non-hydrogen) atoms. The highest BCUT2D eigenvalue weighted by atomic mass is 32.1. The summed E-state index contributed by atoms with van der Waals surface area (Å²) in [6.07, 6.45) is 7.04. The van der Waals surface area contributed by atoms with E-state index < -0.39 is 35.4 Å². The summed E-state index contributed by atoms with van der Waals surface area (Å²) in [5.74, 6) is -1.46. The van der Waals surface area contributed by atoms with Crippen LogP contribution in [-0.2, 0) is 43.2 Å². The van der Waals surface area contributed by atoms with Gasteiger partial charge in [-0.25, -0.2) is 15.2 Å². The Morgan fingerprint density at radius 2 is 1.85 bits per heavy atom. The van der Waals surface area contributed by atoms with Crippen molar-refractivity contribution in [1.29, 1.82) is 0 Å². The summed E-state index contributed by atoms with van der Waals surface area (Å²) in [5.41, 5.74) is 9.25. The molecule has 4 amide bonds. The number of benzene rings is 1. The minimum absolute atomic E-state index is 0.118. The SMILES string of the molecule is CCn1c(-c2cccnc2[C@H](C)OC)c2c3cc(ccc31)-c1csc(n1)C[C@H](NC(=O)[C@H](C(C)C)N(C)C(=O)N1CCCC13CCN(C)CC3)C(=O)N1CCC[C@H](N1)C(=O)OCC(C)(C)C2. The number of thiazole rings is 1. The summed E-state index contributed by atoms with van der Waals surface area (Å²) in [6.45, 7) is 16.0. The Kier molecular flexibility index (Phi) is 14.0. The molecule has 0 unspecified atom stereocenters. The molecule has 15 nitrogen and oxygen atoms in total. The minimum Gasteiger partial charge on any atom is -0.464 e. The highest BCUT2D eigenvalue weighted by Gasteiger charge is 2.47. The lowest BCUT2D eigenvalue weighted by Crippen LogP contribution is -2.63. The first kappa shape index (κ1) is 47.6. The molecule has 3 saturated heterocycles. The maximum absolute atomic E-state index is 14.7. The summed E-state index contributed by atoms with van der Waals surface area (Å²) < 4.78 is 14.3. The van der Waals surface area contributed by atoms with Crippen LogP contribution >= 0.6 is 11.3 Å². The van der Waals surface area contributed by atoms with Gasteiger partial charge in [0.2, 0.25) is 5.91 Å². The monoisotopic (exact) mass is 924 g/mol. The first-order chi connectivity index (χ1) is 31.5. The average Bonchev–Trinajstić information content (AvgIpc) is 4.03. The van der Waals surface area contributed by atoms with Crippen LogP contribution in [-0.4, -0.2) is 136 Å². The third kappa shape index (κ3) is 9.35. The molecule has 7 heterocycles. The fourth-order valence-electron chi connectivity index (χ4n) is 10.8. The van der Waals surface area contributed by atoms with Crippen molar-refractivity contribution < 1.29 is 28.7 Å². The smallest absolute Gasteiger partial charge is 0.324 e. The summed E-state index contributed by atoms with van der Waals surface area (Å²) >= 11 is 1.44. The van der Waals surface area contributed by atoms with Gasteiger partial charge in [0.05, 0.1) is 34.8 Å². The molecule has 356 valence electrons. The van der Waals surface area contributed by atoms with Gasteiger partial charge in [-0.1, -0.05) is 33.8 Å². The van der Waals surface area contributed by atoms with Gasteiger partial charge in [-0.3, -0.25) is 24.4 Å². The lowest BCUT2D eigenvalue weighted by Gasteiger charge is -2.46. The number of hydrazine groups is 1. The van der Waals surface area contributed by atoms with Crippen molar-refractivity contribution in [3.05, 3.63) is 58.2 Å². The van der Waals surface area contributed by atoms with E-state index in [-0.39, 0.29) is 42.5 Å².